The first-order chi connectivity index (χ1) is 10.7. The number of hydrogen-bond donors (Lipinski definition) is 1. The third-order valence-electron chi connectivity index (χ3n) is 3.74. The smallest absolute Gasteiger partial charge is 0.251 e. The van der Waals surface area contributed by atoms with Crippen LogP contribution in [0.2, 0.25) is 0 Å². The summed E-state index contributed by atoms with van der Waals surface area (Å²) in [5.74, 6) is 1.50. The first-order valence-electron chi connectivity index (χ1n) is 7.47. The lowest BCUT2D eigenvalue weighted by Crippen LogP contribution is -2.27. The molecule has 1 atom stereocenters. The second-order valence-corrected chi connectivity index (χ2v) is 5.38. The summed E-state index contributed by atoms with van der Waals surface area (Å²) in [7, 11) is 0. The molecule has 0 saturated carbocycles. The molecule has 0 bridgehead atoms. The predicted molar refractivity (Wildman–Crippen MR) is 84.6 cm³/mol. The van der Waals surface area contributed by atoms with E-state index in [1.807, 2.05) is 18.2 Å². The zero-order chi connectivity index (χ0) is 15.4. The molecule has 22 heavy (non-hydrogen) atoms. The Hall–Kier alpha value is -2.49. The Morgan fingerprint density at radius 1 is 1.09 bits per heavy atom. The van der Waals surface area contributed by atoms with E-state index < -0.39 is 0 Å². The number of amides is 1. The van der Waals surface area contributed by atoms with Gasteiger partial charge in [0, 0.05) is 12.1 Å². The first-order valence-corrected chi connectivity index (χ1v) is 7.47. The van der Waals surface area contributed by atoms with E-state index in [9.17, 15) is 4.79 Å². The molecule has 114 valence electrons. The number of fused-ring (bicyclic) bond motifs is 1. The second-order valence-electron chi connectivity index (χ2n) is 5.38. The highest BCUT2D eigenvalue weighted by molar-refractivity contribution is 5.94. The molecule has 0 aliphatic carbocycles. The Kier molecular flexibility index (Phi) is 4.28. The van der Waals surface area contributed by atoms with Gasteiger partial charge in [0.15, 0.2) is 11.5 Å². The monoisotopic (exact) mass is 297 g/mol. The van der Waals surface area contributed by atoms with Gasteiger partial charge < -0.3 is 14.8 Å². The fraction of sp³-hybridized carbons (Fsp3) is 0.278. The molecule has 1 amide bonds. The highest BCUT2D eigenvalue weighted by atomic mass is 16.6. The summed E-state index contributed by atoms with van der Waals surface area (Å²) < 4.78 is 11.0. The molecule has 2 aromatic carbocycles. The van der Waals surface area contributed by atoms with Crippen LogP contribution in [0.15, 0.2) is 48.5 Å². The minimum Gasteiger partial charge on any atom is -0.486 e. The molecule has 2 aromatic rings. The minimum atomic E-state index is -0.0974. The molecule has 1 unspecified atom stereocenters. The molecule has 4 heteroatoms. The number of nitrogens with one attached hydrogen (secondary N) is 1. The fourth-order valence-corrected chi connectivity index (χ4v) is 2.43. The summed E-state index contributed by atoms with van der Waals surface area (Å²) in [5.41, 5.74) is 1.80. The molecule has 1 aliphatic heterocycles. The summed E-state index contributed by atoms with van der Waals surface area (Å²) in [6.07, 6.45) is 0. The predicted octanol–water partition coefficient (Wildman–Crippen LogP) is 2.99. The Morgan fingerprint density at radius 2 is 1.82 bits per heavy atom. The Bertz CT molecular complexity index is 655. The van der Waals surface area contributed by atoms with E-state index in [2.05, 4.69) is 24.4 Å². The molecular weight excluding hydrogens is 278 g/mol. The van der Waals surface area contributed by atoms with Crippen molar-refractivity contribution in [2.45, 2.75) is 12.8 Å². The molecule has 3 rings (SSSR count). The SMILES string of the molecule is CC(CNC(=O)c1ccc2c(c1)OCCO2)c1ccccc1. The quantitative estimate of drug-likeness (QED) is 0.943. The molecule has 0 fully saturated rings. The zero-order valence-corrected chi connectivity index (χ0v) is 12.5. The van der Waals surface area contributed by atoms with E-state index in [0.29, 0.717) is 36.8 Å². The van der Waals surface area contributed by atoms with Crippen molar-refractivity contribution in [2.75, 3.05) is 19.8 Å². The van der Waals surface area contributed by atoms with Crippen molar-refractivity contribution < 1.29 is 14.3 Å². The van der Waals surface area contributed by atoms with Gasteiger partial charge in [-0.15, -0.1) is 0 Å². The number of carbonyl (C=O) groups is 1. The van der Waals surface area contributed by atoms with Crippen molar-refractivity contribution in [1.29, 1.82) is 0 Å². The number of ether oxygens (including phenoxy) is 2. The van der Waals surface area contributed by atoms with Crippen LogP contribution >= 0.6 is 0 Å². The van der Waals surface area contributed by atoms with Crippen molar-refractivity contribution >= 4 is 5.91 Å². The topological polar surface area (TPSA) is 47.6 Å². The third-order valence-corrected chi connectivity index (χ3v) is 3.74. The maximum atomic E-state index is 12.3. The van der Waals surface area contributed by atoms with E-state index >= 15 is 0 Å². The zero-order valence-electron chi connectivity index (χ0n) is 12.5. The Labute approximate surface area is 130 Å². The number of carbonyl (C=O) groups excluding carboxylic acids is 1. The van der Waals surface area contributed by atoms with Crippen LogP contribution in [-0.4, -0.2) is 25.7 Å². The molecule has 0 aromatic heterocycles. The maximum absolute atomic E-state index is 12.3. The van der Waals surface area contributed by atoms with E-state index in [1.165, 1.54) is 5.56 Å². The lowest BCUT2D eigenvalue weighted by Gasteiger charge is -2.19. The maximum Gasteiger partial charge on any atom is 0.251 e. The van der Waals surface area contributed by atoms with Crippen LogP contribution in [0.4, 0.5) is 0 Å². The normalized spacial score (nSPS) is 14.2. The van der Waals surface area contributed by atoms with Crippen molar-refractivity contribution in [2.24, 2.45) is 0 Å². The van der Waals surface area contributed by atoms with Crippen molar-refractivity contribution in [3.63, 3.8) is 0 Å². The Morgan fingerprint density at radius 3 is 2.59 bits per heavy atom. The van der Waals surface area contributed by atoms with Crippen LogP contribution in [0.1, 0.15) is 28.8 Å². The van der Waals surface area contributed by atoms with Gasteiger partial charge in [0.1, 0.15) is 13.2 Å². The van der Waals surface area contributed by atoms with Crippen LogP contribution in [0, 0.1) is 0 Å². The van der Waals surface area contributed by atoms with Gasteiger partial charge in [-0.2, -0.15) is 0 Å². The van der Waals surface area contributed by atoms with Crippen molar-refractivity contribution in [3.05, 3.63) is 59.7 Å². The van der Waals surface area contributed by atoms with Gasteiger partial charge in [-0.25, -0.2) is 0 Å². The number of hydrogen-bond acceptors (Lipinski definition) is 3. The van der Waals surface area contributed by atoms with Crippen LogP contribution < -0.4 is 14.8 Å². The summed E-state index contributed by atoms with van der Waals surface area (Å²) in [4.78, 5) is 12.3. The molecule has 4 nitrogen and oxygen atoms in total. The van der Waals surface area contributed by atoms with Crippen molar-refractivity contribution in [1.82, 2.24) is 5.32 Å². The summed E-state index contributed by atoms with van der Waals surface area (Å²) in [6.45, 7) is 3.76. The van der Waals surface area contributed by atoms with Gasteiger partial charge in [0.05, 0.1) is 0 Å². The molecule has 1 aliphatic rings. The standard InChI is InChI=1S/C18H19NO3/c1-13(14-5-3-2-4-6-14)12-19-18(20)15-7-8-16-17(11-15)22-10-9-21-16/h2-8,11,13H,9-10,12H2,1H3,(H,19,20). The lowest BCUT2D eigenvalue weighted by molar-refractivity contribution is 0.0950. The van der Waals surface area contributed by atoms with Crippen LogP contribution in [0.25, 0.3) is 0 Å². The van der Waals surface area contributed by atoms with Gasteiger partial charge in [-0.3, -0.25) is 4.79 Å². The second kappa shape index (κ2) is 6.52. The van der Waals surface area contributed by atoms with Gasteiger partial charge in [0.25, 0.3) is 5.91 Å². The minimum absolute atomic E-state index is 0.0974. The van der Waals surface area contributed by atoms with Crippen LogP contribution in [0.3, 0.4) is 0 Å². The van der Waals surface area contributed by atoms with Crippen LogP contribution in [-0.2, 0) is 0 Å². The highest BCUT2D eigenvalue weighted by Crippen LogP contribution is 2.30. The van der Waals surface area contributed by atoms with Crippen molar-refractivity contribution in [3.8, 4) is 11.5 Å². The lowest BCUT2D eigenvalue weighted by atomic mass is 10.0. The summed E-state index contributed by atoms with van der Waals surface area (Å²) in [5, 5.41) is 2.97. The highest BCUT2D eigenvalue weighted by Gasteiger charge is 2.15. The molecule has 1 heterocycles. The first kappa shape index (κ1) is 14.4. The van der Waals surface area contributed by atoms with E-state index in [0.717, 1.165) is 0 Å². The number of benzene rings is 2. The largest absolute Gasteiger partial charge is 0.486 e. The fourth-order valence-electron chi connectivity index (χ4n) is 2.43. The van der Waals surface area contributed by atoms with Gasteiger partial charge in [-0.05, 0) is 29.7 Å². The van der Waals surface area contributed by atoms with Gasteiger partial charge >= 0.3 is 0 Å². The van der Waals surface area contributed by atoms with E-state index in [4.69, 9.17) is 9.47 Å². The molecule has 0 spiro atoms. The van der Waals surface area contributed by atoms with Gasteiger partial charge in [0.2, 0.25) is 0 Å². The van der Waals surface area contributed by atoms with Gasteiger partial charge in [-0.1, -0.05) is 37.3 Å². The van der Waals surface area contributed by atoms with E-state index in [-0.39, 0.29) is 11.8 Å². The molecular formula is C18H19NO3. The molecule has 1 N–H and O–H groups in total. The average Bonchev–Trinajstić information content (AvgIpc) is 2.59. The Balaban J connectivity index is 1.62. The average molecular weight is 297 g/mol. The summed E-state index contributed by atoms with van der Waals surface area (Å²) >= 11 is 0. The number of rotatable bonds is 4. The van der Waals surface area contributed by atoms with E-state index in [1.54, 1.807) is 18.2 Å². The third kappa shape index (κ3) is 3.22. The summed E-state index contributed by atoms with van der Waals surface area (Å²) in [6, 6.07) is 15.4. The molecule has 0 saturated heterocycles. The molecule has 0 radical (unpaired) electrons. The van der Waals surface area contributed by atoms with Crippen LogP contribution in [0.5, 0.6) is 11.5 Å².